The van der Waals surface area contributed by atoms with Gasteiger partial charge in [-0.1, -0.05) is 12.1 Å². The van der Waals surface area contributed by atoms with Gasteiger partial charge in [0.25, 0.3) is 0 Å². The second kappa shape index (κ2) is 12.1. The monoisotopic (exact) mass is 496 g/mol. The first-order valence-corrected chi connectivity index (χ1v) is 13.5. The molecule has 4 atom stereocenters. The highest BCUT2D eigenvalue weighted by molar-refractivity contribution is 5.33. The van der Waals surface area contributed by atoms with Crippen molar-refractivity contribution in [3.05, 3.63) is 42.0 Å². The van der Waals surface area contributed by atoms with E-state index in [2.05, 4.69) is 13.5 Å². The molecule has 196 valence electrons. The molecule has 0 radical (unpaired) electrons. The zero-order valence-corrected chi connectivity index (χ0v) is 20.9. The predicted molar refractivity (Wildman–Crippen MR) is 130 cm³/mol. The molecule has 1 aromatic carbocycles. The number of hydrogen-bond acceptors (Lipinski definition) is 2. The fourth-order valence-corrected chi connectivity index (χ4v) is 6.41. The fraction of sp³-hybridized carbons (Fsp3) is 0.724. The Hall–Kier alpha value is -1.56. The van der Waals surface area contributed by atoms with Crippen molar-refractivity contribution in [1.29, 1.82) is 0 Å². The Morgan fingerprint density at radius 1 is 0.943 bits per heavy atom. The number of allylic oxidation sites excluding steroid dienone is 1. The summed E-state index contributed by atoms with van der Waals surface area (Å²) < 4.78 is 70.0. The maximum Gasteiger partial charge on any atom is 0.200 e. The Kier molecular flexibility index (Phi) is 9.18. The summed E-state index contributed by atoms with van der Waals surface area (Å²) in [6.45, 7) is 6.06. The molecule has 0 aromatic heterocycles. The molecule has 1 saturated heterocycles. The quantitative estimate of drug-likeness (QED) is 0.267. The number of alkyl halides is 2. The van der Waals surface area contributed by atoms with Gasteiger partial charge in [0, 0.05) is 0 Å². The third-order valence-corrected chi connectivity index (χ3v) is 8.84. The molecule has 0 bridgehead atoms. The lowest BCUT2D eigenvalue weighted by Gasteiger charge is -2.38. The van der Waals surface area contributed by atoms with E-state index in [1.807, 2.05) is 6.08 Å². The number of benzene rings is 1. The van der Waals surface area contributed by atoms with E-state index in [4.69, 9.17) is 9.47 Å². The normalized spacial score (nSPS) is 33.6. The van der Waals surface area contributed by atoms with Crippen LogP contribution in [0.25, 0.3) is 0 Å². The van der Waals surface area contributed by atoms with E-state index in [0.29, 0.717) is 42.3 Å². The van der Waals surface area contributed by atoms with Crippen molar-refractivity contribution < 1.29 is 27.0 Å². The molecule has 1 heterocycles. The molecule has 3 aliphatic rings. The molecule has 0 spiro atoms. The Labute approximate surface area is 207 Å². The van der Waals surface area contributed by atoms with Crippen molar-refractivity contribution in [2.45, 2.75) is 95.5 Å². The second-order valence-corrected chi connectivity index (χ2v) is 11.1. The van der Waals surface area contributed by atoms with Crippen LogP contribution in [0.3, 0.4) is 0 Å². The van der Waals surface area contributed by atoms with Crippen LogP contribution >= 0.6 is 0 Å². The highest BCUT2D eigenvalue weighted by Crippen LogP contribution is 2.41. The molecule has 1 aliphatic heterocycles. The van der Waals surface area contributed by atoms with Crippen molar-refractivity contribution in [3.63, 3.8) is 0 Å². The van der Waals surface area contributed by atoms with Crippen LogP contribution in [0.15, 0.2) is 24.8 Å². The van der Waals surface area contributed by atoms with E-state index in [0.717, 1.165) is 58.0 Å². The number of ether oxygens (including phenoxy) is 2. The van der Waals surface area contributed by atoms with Crippen LogP contribution in [0.2, 0.25) is 0 Å². The average Bonchev–Trinajstić information content (AvgIpc) is 2.89. The van der Waals surface area contributed by atoms with Crippen LogP contribution in [-0.2, 0) is 4.74 Å². The van der Waals surface area contributed by atoms with Gasteiger partial charge in [0.15, 0.2) is 17.7 Å². The minimum Gasteiger partial charge on any atom is -0.487 e. The molecular formula is C29H40F4O2. The maximum atomic E-state index is 14.9. The SMILES string of the molecule is C=CC1CCC(c2ccc(OCC(F)C(F)C3CCC(C4CCC(C)OC4)CC3)c(F)c2F)CC1. The van der Waals surface area contributed by atoms with Gasteiger partial charge in [-0.3, -0.25) is 0 Å². The minimum absolute atomic E-state index is 0.0439. The third kappa shape index (κ3) is 6.42. The Morgan fingerprint density at radius 3 is 2.26 bits per heavy atom. The Balaban J connectivity index is 1.25. The van der Waals surface area contributed by atoms with Crippen LogP contribution in [-0.4, -0.2) is 31.7 Å². The van der Waals surface area contributed by atoms with Crippen LogP contribution in [0, 0.1) is 35.3 Å². The first kappa shape index (κ1) is 26.5. The molecule has 0 N–H and O–H groups in total. The summed E-state index contributed by atoms with van der Waals surface area (Å²) >= 11 is 0. The molecule has 2 aliphatic carbocycles. The van der Waals surface area contributed by atoms with Gasteiger partial charge in [0.05, 0.1) is 12.7 Å². The third-order valence-electron chi connectivity index (χ3n) is 8.84. The summed E-state index contributed by atoms with van der Waals surface area (Å²) in [6, 6.07) is 2.88. The van der Waals surface area contributed by atoms with Gasteiger partial charge in [-0.25, -0.2) is 13.2 Å². The predicted octanol–water partition coefficient (Wildman–Crippen LogP) is 8.10. The Bertz CT molecular complexity index is 822. The zero-order chi connectivity index (χ0) is 24.9. The summed E-state index contributed by atoms with van der Waals surface area (Å²) in [5.41, 5.74) is 0.340. The van der Waals surface area contributed by atoms with Crippen molar-refractivity contribution in [3.8, 4) is 5.75 Å². The highest BCUT2D eigenvalue weighted by atomic mass is 19.2. The van der Waals surface area contributed by atoms with E-state index in [1.54, 1.807) is 0 Å². The standard InChI is InChI=1S/C29H40F4O2/c1-3-19-5-8-21(9-6-19)24-14-15-26(29(33)28(24)32)35-17-25(30)27(31)22-12-10-20(11-13-22)23-7-4-18(2)34-16-23/h3,14-15,18-23,25,27H,1,4-13,16-17H2,2H3. The summed E-state index contributed by atoms with van der Waals surface area (Å²) in [6.07, 6.45) is 7.34. The lowest BCUT2D eigenvalue weighted by Crippen LogP contribution is -2.36. The first-order chi connectivity index (χ1) is 16.9. The lowest BCUT2D eigenvalue weighted by molar-refractivity contribution is -0.0343. The smallest absolute Gasteiger partial charge is 0.200 e. The molecule has 4 rings (SSSR count). The minimum atomic E-state index is -1.87. The average molecular weight is 497 g/mol. The van der Waals surface area contributed by atoms with Gasteiger partial charge in [-0.15, -0.1) is 6.58 Å². The summed E-state index contributed by atoms with van der Waals surface area (Å²) in [5.74, 6) is -1.33. The molecule has 4 unspecified atom stereocenters. The summed E-state index contributed by atoms with van der Waals surface area (Å²) in [4.78, 5) is 0. The molecule has 6 heteroatoms. The fourth-order valence-electron chi connectivity index (χ4n) is 6.41. The van der Waals surface area contributed by atoms with E-state index >= 15 is 0 Å². The van der Waals surface area contributed by atoms with Gasteiger partial charge in [-0.2, -0.15) is 4.39 Å². The van der Waals surface area contributed by atoms with E-state index < -0.39 is 30.6 Å². The Morgan fingerprint density at radius 2 is 1.63 bits per heavy atom. The van der Waals surface area contributed by atoms with Gasteiger partial charge in [-0.05, 0) is 112 Å². The topological polar surface area (TPSA) is 18.5 Å². The van der Waals surface area contributed by atoms with Crippen molar-refractivity contribution in [2.24, 2.45) is 23.7 Å². The highest BCUT2D eigenvalue weighted by Gasteiger charge is 2.36. The van der Waals surface area contributed by atoms with Crippen LogP contribution in [0.5, 0.6) is 5.75 Å². The summed E-state index contributed by atoms with van der Waals surface area (Å²) in [7, 11) is 0. The van der Waals surface area contributed by atoms with Gasteiger partial charge in [0.2, 0.25) is 5.82 Å². The molecule has 1 aromatic rings. The van der Waals surface area contributed by atoms with Crippen molar-refractivity contribution in [1.82, 2.24) is 0 Å². The molecule has 3 fully saturated rings. The summed E-state index contributed by atoms with van der Waals surface area (Å²) in [5, 5.41) is 0. The van der Waals surface area contributed by atoms with Crippen LogP contribution < -0.4 is 4.74 Å². The second-order valence-electron chi connectivity index (χ2n) is 11.1. The molecule has 2 nitrogen and oxygen atoms in total. The van der Waals surface area contributed by atoms with E-state index in [1.165, 1.54) is 12.1 Å². The number of halogens is 4. The zero-order valence-electron chi connectivity index (χ0n) is 20.9. The van der Waals surface area contributed by atoms with Crippen molar-refractivity contribution in [2.75, 3.05) is 13.2 Å². The molecular weight excluding hydrogens is 456 g/mol. The number of rotatable bonds is 8. The molecule has 0 amide bonds. The first-order valence-electron chi connectivity index (χ1n) is 13.5. The van der Waals surface area contributed by atoms with Gasteiger partial charge < -0.3 is 9.47 Å². The van der Waals surface area contributed by atoms with Gasteiger partial charge in [0.1, 0.15) is 12.8 Å². The lowest BCUT2D eigenvalue weighted by atomic mass is 9.72. The number of hydrogen-bond donors (Lipinski definition) is 0. The molecule has 2 saturated carbocycles. The van der Waals surface area contributed by atoms with Crippen LogP contribution in [0.1, 0.15) is 82.6 Å². The van der Waals surface area contributed by atoms with E-state index in [9.17, 15) is 17.6 Å². The largest absolute Gasteiger partial charge is 0.487 e. The van der Waals surface area contributed by atoms with Crippen LogP contribution in [0.4, 0.5) is 17.6 Å². The van der Waals surface area contributed by atoms with Crippen molar-refractivity contribution >= 4 is 0 Å². The van der Waals surface area contributed by atoms with Gasteiger partial charge >= 0.3 is 0 Å². The molecule has 35 heavy (non-hydrogen) atoms. The van der Waals surface area contributed by atoms with E-state index in [-0.39, 0.29) is 17.6 Å². The maximum absolute atomic E-state index is 14.9.